The largest absolute Gasteiger partial charge is 0.496 e. The van der Waals surface area contributed by atoms with Gasteiger partial charge in [0.2, 0.25) is 0 Å². The minimum Gasteiger partial charge on any atom is -0.496 e. The number of carbonyl (C=O) groups is 2. The molecule has 0 spiro atoms. The van der Waals surface area contributed by atoms with Crippen LogP contribution in [0.15, 0.2) is 46.7 Å². The Balaban J connectivity index is 2.62. The van der Waals surface area contributed by atoms with Crippen molar-refractivity contribution in [1.82, 2.24) is 0 Å². The summed E-state index contributed by atoms with van der Waals surface area (Å²) in [6, 6.07) is 1.68. The van der Waals surface area contributed by atoms with Crippen molar-refractivity contribution in [2.75, 3.05) is 20.8 Å². The second-order valence-corrected chi connectivity index (χ2v) is 7.19. The van der Waals surface area contributed by atoms with Gasteiger partial charge in [0.1, 0.15) is 18.1 Å². The third kappa shape index (κ3) is 5.26. The third-order valence-corrected chi connectivity index (χ3v) is 4.80. The number of oxime groups is 1. The lowest BCUT2D eigenvalue weighted by atomic mass is 9.89. The first kappa shape index (κ1) is 23.1. The van der Waals surface area contributed by atoms with E-state index in [9.17, 15) is 9.59 Å². The molecule has 0 aliphatic heterocycles. The number of nitrogens with zero attached hydrogens (tertiary/aromatic N) is 1. The smallest absolute Gasteiger partial charge is 0.190 e. The zero-order valence-electron chi connectivity index (χ0n) is 18.5. The molecule has 0 saturated carbocycles. The van der Waals surface area contributed by atoms with E-state index in [1.807, 2.05) is 32.9 Å². The van der Waals surface area contributed by atoms with E-state index in [0.29, 0.717) is 35.8 Å². The van der Waals surface area contributed by atoms with E-state index in [-0.39, 0.29) is 22.7 Å². The van der Waals surface area contributed by atoms with Crippen LogP contribution in [0.2, 0.25) is 0 Å². The number of benzene rings is 1. The van der Waals surface area contributed by atoms with Gasteiger partial charge in [-0.15, -0.1) is 0 Å². The molecule has 0 atom stereocenters. The summed E-state index contributed by atoms with van der Waals surface area (Å²) < 4.78 is 11.0. The molecule has 2 rings (SSSR count). The highest BCUT2D eigenvalue weighted by atomic mass is 16.6. The highest BCUT2D eigenvalue weighted by Crippen LogP contribution is 2.38. The van der Waals surface area contributed by atoms with Gasteiger partial charge in [-0.3, -0.25) is 9.59 Å². The molecule has 160 valence electrons. The molecule has 0 unspecified atom stereocenters. The Morgan fingerprint density at radius 2 is 1.67 bits per heavy atom. The molecular formula is C24H29NO5. The molecule has 0 bridgehead atoms. The number of allylic oxidation sites excluding steroid dienone is 5. The molecule has 0 aromatic heterocycles. The Labute approximate surface area is 177 Å². The summed E-state index contributed by atoms with van der Waals surface area (Å²) >= 11 is 0. The van der Waals surface area contributed by atoms with Crippen molar-refractivity contribution in [2.24, 2.45) is 5.16 Å². The molecule has 0 saturated heterocycles. The molecule has 0 heterocycles. The van der Waals surface area contributed by atoms with Crippen LogP contribution < -0.4 is 9.47 Å². The Morgan fingerprint density at radius 3 is 2.23 bits per heavy atom. The van der Waals surface area contributed by atoms with Crippen molar-refractivity contribution >= 4 is 17.3 Å². The van der Waals surface area contributed by atoms with Crippen molar-refractivity contribution in [3.8, 4) is 11.5 Å². The molecule has 0 amide bonds. The molecule has 1 aliphatic rings. The fraction of sp³-hybridized carbons (Fsp3) is 0.375. The van der Waals surface area contributed by atoms with Crippen LogP contribution in [0.1, 0.15) is 66.8 Å². The standard InChI is InChI=1S/C24H29NO5/c1-7-16(4)12-13-30-25-18(9-8-15(2)3)17-14-21(28-5)22-19(26)10-11-20(27)23(22)24(17)29-6/h8,10-12,14H,7,9,13H2,1-6H3. The van der Waals surface area contributed by atoms with Crippen molar-refractivity contribution in [3.05, 3.63) is 58.2 Å². The molecule has 1 aromatic carbocycles. The van der Waals surface area contributed by atoms with E-state index in [0.717, 1.165) is 12.0 Å². The van der Waals surface area contributed by atoms with Gasteiger partial charge in [-0.25, -0.2) is 0 Å². The van der Waals surface area contributed by atoms with Gasteiger partial charge in [0.25, 0.3) is 0 Å². The van der Waals surface area contributed by atoms with Crippen LogP contribution in [-0.2, 0) is 4.84 Å². The zero-order chi connectivity index (χ0) is 22.3. The minimum atomic E-state index is -0.314. The van der Waals surface area contributed by atoms with Crippen molar-refractivity contribution < 1.29 is 23.9 Å². The van der Waals surface area contributed by atoms with Crippen molar-refractivity contribution in [3.63, 3.8) is 0 Å². The summed E-state index contributed by atoms with van der Waals surface area (Å²) in [6.45, 7) is 8.42. The second kappa shape index (κ2) is 10.6. The van der Waals surface area contributed by atoms with E-state index >= 15 is 0 Å². The fourth-order valence-electron chi connectivity index (χ4n) is 2.96. The van der Waals surface area contributed by atoms with Gasteiger partial charge in [-0.05, 0) is 51.5 Å². The summed E-state index contributed by atoms with van der Waals surface area (Å²) in [7, 11) is 2.93. The van der Waals surface area contributed by atoms with Gasteiger partial charge in [-0.1, -0.05) is 29.3 Å². The predicted molar refractivity (Wildman–Crippen MR) is 118 cm³/mol. The van der Waals surface area contributed by atoms with E-state index < -0.39 is 0 Å². The highest BCUT2D eigenvalue weighted by Gasteiger charge is 2.31. The number of ketones is 2. The number of hydrogen-bond donors (Lipinski definition) is 0. The quantitative estimate of drug-likeness (QED) is 0.245. The number of carbonyl (C=O) groups excluding carboxylic acids is 2. The summed E-state index contributed by atoms with van der Waals surface area (Å²) in [5.74, 6) is -0.0236. The lowest BCUT2D eigenvalue weighted by Gasteiger charge is -2.20. The van der Waals surface area contributed by atoms with Crippen molar-refractivity contribution in [1.29, 1.82) is 0 Å². The number of ether oxygens (including phenoxy) is 2. The zero-order valence-corrected chi connectivity index (χ0v) is 18.5. The van der Waals surface area contributed by atoms with Gasteiger partial charge in [0.15, 0.2) is 11.6 Å². The van der Waals surface area contributed by atoms with Crippen LogP contribution in [0.5, 0.6) is 11.5 Å². The Morgan fingerprint density at radius 1 is 1.00 bits per heavy atom. The van der Waals surface area contributed by atoms with Crippen LogP contribution >= 0.6 is 0 Å². The van der Waals surface area contributed by atoms with Crippen LogP contribution in [0.4, 0.5) is 0 Å². The van der Waals surface area contributed by atoms with E-state index in [4.69, 9.17) is 14.3 Å². The average Bonchev–Trinajstić information content (AvgIpc) is 2.74. The minimum absolute atomic E-state index is 0.186. The summed E-state index contributed by atoms with van der Waals surface area (Å²) in [5.41, 5.74) is 3.84. The van der Waals surface area contributed by atoms with Gasteiger partial charge < -0.3 is 14.3 Å². The van der Waals surface area contributed by atoms with E-state index in [1.54, 1.807) is 6.07 Å². The van der Waals surface area contributed by atoms with E-state index in [1.165, 1.54) is 31.9 Å². The fourth-order valence-corrected chi connectivity index (χ4v) is 2.96. The van der Waals surface area contributed by atoms with Gasteiger partial charge >= 0.3 is 0 Å². The molecular weight excluding hydrogens is 382 g/mol. The van der Waals surface area contributed by atoms with Gasteiger partial charge in [-0.2, -0.15) is 0 Å². The van der Waals surface area contributed by atoms with Gasteiger partial charge in [0, 0.05) is 12.0 Å². The predicted octanol–water partition coefficient (Wildman–Crippen LogP) is 5.07. The molecule has 6 heteroatoms. The lowest BCUT2D eigenvalue weighted by Crippen LogP contribution is -2.18. The number of hydrogen-bond acceptors (Lipinski definition) is 6. The molecule has 30 heavy (non-hydrogen) atoms. The van der Waals surface area contributed by atoms with Crippen molar-refractivity contribution in [2.45, 2.75) is 40.5 Å². The third-order valence-electron chi connectivity index (χ3n) is 4.80. The van der Waals surface area contributed by atoms with Crippen LogP contribution in [0, 0.1) is 0 Å². The highest BCUT2D eigenvalue weighted by molar-refractivity contribution is 6.25. The molecule has 1 aliphatic carbocycles. The molecule has 0 radical (unpaired) electrons. The van der Waals surface area contributed by atoms with Crippen LogP contribution in [0.25, 0.3) is 0 Å². The Bertz CT molecular complexity index is 947. The second-order valence-electron chi connectivity index (χ2n) is 7.19. The summed E-state index contributed by atoms with van der Waals surface area (Å²) in [5, 5.41) is 4.33. The maximum Gasteiger partial charge on any atom is 0.190 e. The first-order valence-corrected chi connectivity index (χ1v) is 9.87. The first-order chi connectivity index (χ1) is 14.3. The lowest BCUT2D eigenvalue weighted by molar-refractivity contribution is 0.0989. The SMILES string of the molecule is CCC(C)=CCON=C(CC=C(C)C)c1cc(OC)c2c(c1OC)C(=O)C=CC2=O. The maximum absolute atomic E-state index is 12.6. The molecule has 0 N–H and O–H groups in total. The van der Waals surface area contributed by atoms with Gasteiger partial charge in [0.05, 0.1) is 31.1 Å². The molecule has 6 nitrogen and oxygen atoms in total. The summed E-state index contributed by atoms with van der Waals surface area (Å²) in [6.07, 6.45) is 7.88. The Hall–Kier alpha value is -3.15. The normalized spacial score (nSPS) is 13.8. The number of methoxy groups -OCH3 is 2. The summed E-state index contributed by atoms with van der Waals surface area (Å²) in [4.78, 5) is 30.6. The monoisotopic (exact) mass is 411 g/mol. The Kier molecular flexibility index (Phi) is 8.16. The van der Waals surface area contributed by atoms with E-state index in [2.05, 4.69) is 12.1 Å². The van der Waals surface area contributed by atoms with Crippen LogP contribution in [-0.4, -0.2) is 38.1 Å². The molecule has 0 fully saturated rings. The maximum atomic E-state index is 12.6. The average molecular weight is 411 g/mol. The molecule has 1 aromatic rings. The number of fused-ring (bicyclic) bond motifs is 1. The first-order valence-electron chi connectivity index (χ1n) is 9.87. The number of rotatable bonds is 9. The topological polar surface area (TPSA) is 74.2 Å². The van der Waals surface area contributed by atoms with Crippen LogP contribution in [0.3, 0.4) is 0 Å².